The van der Waals surface area contributed by atoms with Crippen LogP contribution in [0.25, 0.3) is 0 Å². The van der Waals surface area contributed by atoms with Gasteiger partial charge in [0, 0.05) is 16.8 Å². The van der Waals surface area contributed by atoms with Gasteiger partial charge in [0.2, 0.25) is 0 Å². The molecule has 1 aromatic rings. The third-order valence-corrected chi connectivity index (χ3v) is 1.89. The molecule has 0 unspecified atom stereocenters. The summed E-state index contributed by atoms with van der Waals surface area (Å²) >= 11 is 0. The van der Waals surface area contributed by atoms with E-state index in [2.05, 4.69) is 11.6 Å². The fourth-order valence-electron chi connectivity index (χ4n) is 1.17. The summed E-state index contributed by atoms with van der Waals surface area (Å²) in [7, 11) is 0. The van der Waals surface area contributed by atoms with Gasteiger partial charge in [-0.3, -0.25) is 0 Å². The number of hydrogen-bond donors (Lipinski definition) is 2. The summed E-state index contributed by atoms with van der Waals surface area (Å²) in [5, 5.41) is 9.45. The van der Waals surface area contributed by atoms with Gasteiger partial charge < -0.3 is 10.8 Å². The van der Waals surface area contributed by atoms with Gasteiger partial charge in [-0.25, -0.2) is 4.99 Å². The highest BCUT2D eigenvalue weighted by Gasteiger charge is 2.05. The zero-order chi connectivity index (χ0) is 10.7. The van der Waals surface area contributed by atoms with Gasteiger partial charge in [0.05, 0.1) is 0 Å². The summed E-state index contributed by atoms with van der Waals surface area (Å²) in [6.07, 6.45) is 0. The molecule has 3 N–H and O–H groups in total. The molecule has 0 aliphatic heterocycles. The minimum absolute atomic E-state index is 0.224. The van der Waals surface area contributed by atoms with E-state index in [0.717, 1.165) is 11.1 Å². The van der Waals surface area contributed by atoms with E-state index in [4.69, 9.17) is 5.73 Å². The Balaban J connectivity index is 3.20. The van der Waals surface area contributed by atoms with Crippen LogP contribution < -0.4 is 5.73 Å². The molecule has 1 aromatic carbocycles. The van der Waals surface area contributed by atoms with E-state index in [-0.39, 0.29) is 5.75 Å². The summed E-state index contributed by atoms with van der Waals surface area (Å²) < 4.78 is 0. The number of hydrogen-bond acceptors (Lipinski definition) is 2. The normalized spacial score (nSPS) is 11.4. The van der Waals surface area contributed by atoms with Crippen LogP contribution in [-0.4, -0.2) is 10.9 Å². The molecule has 14 heavy (non-hydrogen) atoms. The van der Waals surface area contributed by atoms with Gasteiger partial charge in [0.25, 0.3) is 0 Å². The molecule has 0 saturated heterocycles. The molecular weight excluding hydrogens is 176 g/mol. The van der Waals surface area contributed by atoms with Crippen LogP contribution in [0.15, 0.2) is 35.5 Å². The van der Waals surface area contributed by atoms with Crippen molar-refractivity contribution in [2.75, 3.05) is 0 Å². The van der Waals surface area contributed by atoms with Crippen LogP contribution in [-0.2, 0) is 0 Å². The summed E-state index contributed by atoms with van der Waals surface area (Å²) in [5.41, 5.74) is 7.86. The predicted octanol–water partition coefficient (Wildman–Crippen LogP) is 1.94. The van der Waals surface area contributed by atoms with E-state index in [1.165, 1.54) is 0 Å². The monoisotopic (exact) mass is 190 g/mol. The molecule has 0 fully saturated rings. The second-order valence-corrected chi connectivity index (χ2v) is 3.18. The second kappa shape index (κ2) is 3.96. The van der Waals surface area contributed by atoms with E-state index in [9.17, 15) is 5.11 Å². The van der Waals surface area contributed by atoms with Crippen molar-refractivity contribution in [2.24, 2.45) is 10.7 Å². The number of aliphatic imine (C=N–C) groups is 1. The summed E-state index contributed by atoms with van der Waals surface area (Å²) in [6, 6.07) is 5.17. The highest BCUT2D eigenvalue weighted by Crippen LogP contribution is 2.19. The topological polar surface area (TPSA) is 58.6 Å². The van der Waals surface area contributed by atoms with Crippen molar-refractivity contribution in [1.82, 2.24) is 0 Å². The minimum atomic E-state index is 0.224. The van der Waals surface area contributed by atoms with Crippen LogP contribution in [0.1, 0.15) is 18.1 Å². The Kier molecular flexibility index (Phi) is 2.92. The Morgan fingerprint density at radius 2 is 2.14 bits per heavy atom. The Morgan fingerprint density at radius 3 is 2.71 bits per heavy atom. The zero-order valence-electron chi connectivity index (χ0n) is 8.41. The molecule has 0 spiro atoms. The van der Waals surface area contributed by atoms with Crippen LogP contribution >= 0.6 is 0 Å². The van der Waals surface area contributed by atoms with Crippen molar-refractivity contribution in [1.29, 1.82) is 0 Å². The Morgan fingerprint density at radius 1 is 1.50 bits per heavy atom. The maximum absolute atomic E-state index is 9.45. The highest BCUT2D eigenvalue weighted by atomic mass is 16.3. The van der Waals surface area contributed by atoms with Gasteiger partial charge in [-0.05, 0) is 19.9 Å². The number of rotatable bonds is 2. The van der Waals surface area contributed by atoms with E-state index in [0.29, 0.717) is 11.5 Å². The lowest BCUT2D eigenvalue weighted by molar-refractivity contribution is 0.471. The molecule has 0 aromatic heterocycles. The van der Waals surface area contributed by atoms with Crippen LogP contribution in [0.4, 0.5) is 0 Å². The molecule has 0 atom stereocenters. The lowest BCUT2D eigenvalue weighted by Gasteiger charge is -2.06. The summed E-state index contributed by atoms with van der Waals surface area (Å²) in [5.74, 6) is 0.605. The van der Waals surface area contributed by atoms with Gasteiger partial charge in [-0.2, -0.15) is 0 Å². The Bertz CT molecular complexity index is 394. The molecule has 0 radical (unpaired) electrons. The molecule has 0 amide bonds. The summed E-state index contributed by atoms with van der Waals surface area (Å²) in [4.78, 5) is 4.04. The van der Waals surface area contributed by atoms with Crippen LogP contribution in [0.5, 0.6) is 5.75 Å². The van der Waals surface area contributed by atoms with Crippen molar-refractivity contribution in [3.05, 3.63) is 41.6 Å². The lowest BCUT2D eigenvalue weighted by atomic mass is 10.1. The van der Waals surface area contributed by atoms with E-state index < -0.39 is 0 Å². The maximum atomic E-state index is 9.45. The van der Waals surface area contributed by atoms with E-state index in [1.54, 1.807) is 26.0 Å². The molecule has 0 saturated carbocycles. The van der Waals surface area contributed by atoms with Gasteiger partial charge in [0.15, 0.2) is 0 Å². The van der Waals surface area contributed by atoms with E-state index >= 15 is 0 Å². The van der Waals surface area contributed by atoms with Gasteiger partial charge in [-0.15, -0.1) is 0 Å². The third-order valence-electron chi connectivity index (χ3n) is 1.89. The predicted molar refractivity (Wildman–Crippen MR) is 58.4 cm³/mol. The first kappa shape index (κ1) is 10.3. The van der Waals surface area contributed by atoms with Gasteiger partial charge in [-0.1, -0.05) is 18.7 Å². The first-order valence-corrected chi connectivity index (χ1v) is 4.31. The molecule has 0 aliphatic rings. The Hall–Kier alpha value is -1.77. The van der Waals surface area contributed by atoms with Crippen LogP contribution in [0.2, 0.25) is 0 Å². The second-order valence-electron chi connectivity index (χ2n) is 3.18. The molecular formula is C11H14N2O. The average molecular weight is 190 g/mol. The number of nitrogens with two attached hydrogens (primary N) is 1. The zero-order valence-corrected chi connectivity index (χ0v) is 8.41. The van der Waals surface area contributed by atoms with Crippen molar-refractivity contribution < 1.29 is 5.11 Å². The van der Waals surface area contributed by atoms with Crippen LogP contribution in [0, 0.1) is 6.92 Å². The standard InChI is InChI=1S/C11H14N2O/c1-7(2)13-11(12)9-5-4-6-10(14)8(9)3/h4-6,14H,1H2,2-3H3,(H2,12,13). The molecule has 0 bridgehead atoms. The molecule has 0 aliphatic carbocycles. The number of phenolic OH excluding ortho intramolecular Hbond substituents is 1. The molecule has 1 rings (SSSR count). The molecule has 74 valence electrons. The van der Waals surface area contributed by atoms with Gasteiger partial charge in [0.1, 0.15) is 11.6 Å². The maximum Gasteiger partial charge on any atom is 0.131 e. The van der Waals surface area contributed by atoms with Crippen molar-refractivity contribution in [3.8, 4) is 5.75 Å². The fraction of sp³-hybridized carbons (Fsp3) is 0.182. The first-order chi connectivity index (χ1) is 6.52. The molecule has 3 heteroatoms. The largest absolute Gasteiger partial charge is 0.508 e. The van der Waals surface area contributed by atoms with E-state index in [1.807, 2.05) is 6.07 Å². The third kappa shape index (κ3) is 2.13. The highest BCUT2D eigenvalue weighted by molar-refractivity contribution is 5.99. The number of phenols is 1. The van der Waals surface area contributed by atoms with Crippen LogP contribution in [0.3, 0.4) is 0 Å². The fourth-order valence-corrected chi connectivity index (χ4v) is 1.17. The number of aromatic hydroxyl groups is 1. The number of nitrogens with zero attached hydrogens (tertiary/aromatic N) is 1. The van der Waals surface area contributed by atoms with Crippen molar-refractivity contribution in [2.45, 2.75) is 13.8 Å². The first-order valence-electron chi connectivity index (χ1n) is 4.31. The molecule has 0 heterocycles. The van der Waals surface area contributed by atoms with Crippen molar-refractivity contribution >= 4 is 5.84 Å². The summed E-state index contributed by atoms with van der Waals surface area (Å²) in [6.45, 7) is 7.21. The van der Waals surface area contributed by atoms with Crippen molar-refractivity contribution in [3.63, 3.8) is 0 Å². The minimum Gasteiger partial charge on any atom is -0.508 e. The number of amidine groups is 1. The van der Waals surface area contributed by atoms with Gasteiger partial charge >= 0.3 is 0 Å². The smallest absolute Gasteiger partial charge is 0.131 e. The lowest BCUT2D eigenvalue weighted by Crippen LogP contribution is -2.14. The SMILES string of the molecule is C=C(C)N=C(N)c1cccc(O)c1C. The molecule has 3 nitrogen and oxygen atoms in total. The Labute approximate surface area is 83.6 Å². The number of benzene rings is 1. The average Bonchev–Trinajstić information content (AvgIpc) is 2.08. The quantitative estimate of drug-likeness (QED) is 0.553. The number of allylic oxidation sites excluding steroid dienone is 1.